The van der Waals surface area contributed by atoms with Crippen molar-refractivity contribution in [2.24, 2.45) is 30.7 Å². The largest absolute Gasteiger partial charge is 0.505 e. The number of hydrogen-bond acceptors (Lipinski definition) is 20. The van der Waals surface area contributed by atoms with E-state index in [2.05, 4.69) is 30.7 Å². The van der Waals surface area contributed by atoms with Crippen LogP contribution in [0.2, 0.25) is 0 Å². The van der Waals surface area contributed by atoms with Crippen molar-refractivity contribution in [3.8, 4) is 23.0 Å². The first-order chi connectivity index (χ1) is 25.6. The van der Waals surface area contributed by atoms with Crippen LogP contribution in [0.25, 0.3) is 10.8 Å². The summed E-state index contributed by atoms with van der Waals surface area (Å²) in [5, 5.41) is 96.6. The highest BCUT2D eigenvalue weighted by Crippen LogP contribution is 2.48. The molecule has 0 fully saturated rings. The van der Waals surface area contributed by atoms with Crippen LogP contribution in [0.4, 0.5) is 51.2 Å². The summed E-state index contributed by atoms with van der Waals surface area (Å²) in [6.07, 6.45) is 0. The summed E-state index contributed by atoms with van der Waals surface area (Å²) in [7, 11) is -10.6. The average Bonchev–Trinajstić information content (AvgIpc) is 3.09. The van der Waals surface area contributed by atoms with E-state index < -0.39 is 113 Å². The summed E-state index contributed by atoms with van der Waals surface area (Å²) in [5.41, 5.74) is -6.05. The van der Waals surface area contributed by atoms with Crippen LogP contribution in [0, 0.1) is 30.3 Å². The van der Waals surface area contributed by atoms with Gasteiger partial charge in [0.05, 0.1) is 42.5 Å². The molecule has 0 aromatic heterocycles. The first-order valence-electron chi connectivity index (χ1n) is 14.2. The number of benzene rings is 5. The Morgan fingerprint density at radius 1 is 0.527 bits per heavy atom. The van der Waals surface area contributed by atoms with Gasteiger partial charge in [0.1, 0.15) is 39.1 Å². The summed E-state index contributed by atoms with van der Waals surface area (Å²) >= 11 is 0. The van der Waals surface area contributed by atoms with E-state index in [4.69, 9.17) is 0 Å². The molecule has 0 aliphatic heterocycles. The van der Waals surface area contributed by atoms with Gasteiger partial charge in [0.25, 0.3) is 31.6 Å². The van der Waals surface area contributed by atoms with Crippen LogP contribution in [0.15, 0.2) is 107 Å². The Hall–Kier alpha value is -7.62. The molecule has 0 spiro atoms. The zero-order chi connectivity index (χ0) is 40.6. The minimum Gasteiger partial charge on any atom is -0.505 e. The first-order valence-corrected chi connectivity index (χ1v) is 17.0. The Kier molecular flexibility index (Phi) is 10.1. The van der Waals surface area contributed by atoms with Crippen LogP contribution in [0.5, 0.6) is 23.0 Å². The number of fused-ring (bicyclic) bond motifs is 1. The van der Waals surface area contributed by atoms with Gasteiger partial charge in [0.2, 0.25) is 5.75 Å². The number of nitrogens with zero attached hydrogens (tertiary/aromatic N) is 9. The van der Waals surface area contributed by atoms with Crippen LogP contribution < -0.4 is 0 Å². The molecule has 55 heavy (non-hydrogen) atoms. The fourth-order valence-corrected chi connectivity index (χ4v) is 5.74. The van der Waals surface area contributed by atoms with Crippen LogP contribution >= 0.6 is 0 Å². The van der Waals surface area contributed by atoms with Crippen LogP contribution in [0.3, 0.4) is 0 Å². The van der Waals surface area contributed by atoms with Gasteiger partial charge in [-0.25, -0.2) is 0 Å². The molecular formula is C28H17N9O16S2. The smallest absolute Gasteiger partial charge is 0.319 e. The Morgan fingerprint density at radius 3 is 1.64 bits per heavy atom. The second-order valence-corrected chi connectivity index (χ2v) is 13.4. The highest BCUT2D eigenvalue weighted by Gasteiger charge is 2.27. The molecule has 25 nitrogen and oxygen atoms in total. The average molecular weight is 800 g/mol. The standard InChI is InChI=1S/C28H17N9O16S2/c38-22-11-23(39)18(10-17(22)30-29-13-1-3-14(4-2-13)35(42)43)31-32-19-9-16(54(48,49)50)5-12-6-24(55(51,52)53)26(28(41)25(12)19)34-33-20-7-15(36(44)45)8-21(27(20)40)37(46)47/h1-11,38-41H,(H,48,49,50)(H,51,52,53). The number of non-ortho nitro benzene ring substituents is 2. The van der Waals surface area contributed by atoms with E-state index in [9.17, 15) is 76.7 Å². The van der Waals surface area contributed by atoms with Crippen molar-refractivity contribution in [3.63, 3.8) is 0 Å². The molecule has 0 aliphatic carbocycles. The van der Waals surface area contributed by atoms with Crippen LogP contribution in [0.1, 0.15) is 0 Å². The lowest BCUT2D eigenvalue weighted by Crippen LogP contribution is -2.01. The highest BCUT2D eigenvalue weighted by molar-refractivity contribution is 7.86. The summed E-state index contributed by atoms with van der Waals surface area (Å²) < 4.78 is 68.8. The Morgan fingerprint density at radius 2 is 1.09 bits per heavy atom. The van der Waals surface area contributed by atoms with Crippen LogP contribution in [-0.2, 0) is 20.2 Å². The Balaban J connectivity index is 1.70. The number of aromatic hydroxyl groups is 4. The number of phenols is 4. The normalized spacial score (nSPS) is 12.3. The third kappa shape index (κ3) is 8.23. The number of rotatable bonds is 11. The van der Waals surface area contributed by atoms with Crippen molar-refractivity contribution in [3.05, 3.63) is 97.1 Å². The molecule has 0 amide bonds. The molecule has 0 unspecified atom stereocenters. The maximum atomic E-state index is 12.4. The zero-order valence-corrected chi connectivity index (χ0v) is 28.1. The lowest BCUT2D eigenvalue weighted by Gasteiger charge is -2.12. The maximum absolute atomic E-state index is 12.4. The predicted molar refractivity (Wildman–Crippen MR) is 182 cm³/mol. The fraction of sp³-hybridized carbons (Fsp3) is 0. The van der Waals surface area contributed by atoms with Gasteiger partial charge >= 0.3 is 5.69 Å². The first kappa shape index (κ1) is 38.6. The molecule has 5 rings (SSSR count). The molecule has 0 heterocycles. The molecular weight excluding hydrogens is 782 g/mol. The summed E-state index contributed by atoms with van der Waals surface area (Å²) in [6, 6.07) is 9.02. The minimum absolute atomic E-state index is 0.0985. The number of hydrogen-bond donors (Lipinski definition) is 6. The van der Waals surface area contributed by atoms with Gasteiger partial charge in [-0.1, -0.05) is 0 Å². The van der Waals surface area contributed by atoms with Gasteiger partial charge in [-0.05, 0) is 35.7 Å². The SMILES string of the molecule is O=[N+]([O-])c1ccc(N=Nc2cc(N=Nc3cc(S(=O)(=O)O)cc4cc(S(=O)(=O)O)c(N=Nc5cc([N+](=O)[O-])cc([N+](=O)[O-])c5O)c(O)c34)c(O)cc2O)cc1. The third-order valence-corrected chi connectivity index (χ3v) is 8.77. The van der Waals surface area contributed by atoms with Gasteiger partial charge < -0.3 is 20.4 Å². The Labute approximate surface area is 303 Å². The van der Waals surface area contributed by atoms with Gasteiger partial charge in [-0.15, -0.1) is 25.6 Å². The Bertz CT molecular complexity index is 2790. The zero-order valence-electron chi connectivity index (χ0n) is 26.5. The second-order valence-electron chi connectivity index (χ2n) is 10.6. The monoisotopic (exact) mass is 799 g/mol. The maximum Gasteiger partial charge on any atom is 0.319 e. The molecule has 0 atom stereocenters. The van der Waals surface area contributed by atoms with E-state index in [0.29, 0.717) is 30.3 Å². The number of nitro benzene ring substituents is 3. The third-order valence-electron chi connectivity index (χ3n) is 7.07. The van der Waals surface area contributed by atoms with Gasteiger partial charge in [-0.2, -0.15) is 21.9 Å². The van der Waals surface area contributed by atoms with E-state index in [1.807, 2.05) is 0 Å². The molecule has 282 valence electrons. The van der Waals surface area contributed by atoms with Crippen molar-refractivity contribution in [2.45, 2.75) is 9.79 Å². The van der Waals surface area contributed by atoms with E-state index >= 15 is 0 Å². The molecule has 5 aromatic rings. The van der Waals surface area contributed by atoms with Crippen molar-refractivity contribution in [1.82, 2.24) is 0 Å². The van der Waals surface area contributed by atoms with Crippen molar-refractivity contribution >= 4 is 82.2 Å². The van der Waals surface area contributed by atoms with Crippen LogP contribution in [-0.4, -0.2) is 61.1 Å². The van der Waals surface area contributed by atoms with E-state index in [-0.39, 0.29) is 17.1 Å². The van der Waals surface area contributed by atoms with Crippen molar-refractivity contribution in [2.75, 3.05) is 0 Å². The molecule has 0 saturated carbocycles. The molecule has 0 radical (unpaired) electrons. The minimum atomic E-state index is -5.43. The molecule has 0 bridgehead atoms. The molecule has 27 heteroatoms. The number of phenolic OH excluding ortho intramolecular Hbond substituents is 4. The van der Waals surface area contributed by atoms with Gasteiger partial charge in [-0.3, -0.25) is 39.4 Å². The summed E-state index contributed by atoms with van der Waals surface area (Å²) in [4.78, 5) is 28.3. The van der Waals surface area contributed by atoms with E-state index in [1.165, 1.54) is 12.1 Å². The van der Waals surface area contributed by atoms with E-state index in [1.54, 1.807) is 0 Å². The predicted octanol–water partition coefficient (Wildman–Crippen LogP) is 7.13. The summed E-state index contributed by atoms with van der Waals surface area (Å²) in [6.45, 7) is 0. The second kappa shape index (κ2) is 14.4. The summed E-state index contributed by atoms with van der Waals surface area (Å²) in [5.74, 6) is -3.95. The molecule has 5 aromatic carbocycles. The lowest BCUT2D eigenvalue weighted by molar-refractivity contribution is -0.394. The molecule has 0 aliphatic rings. The van der Waals surface area contributed by atoms with Gasteiger partial charge in [0.15, 0.2) is 5.75 Å². The van der Waals surface area contributed by atoms with Gasteiger partial charge in [0, 0.05) is 30.3 Å². The number of azo groups is 3. The fourth-order valence-electron chi connectivity index (χ4n) is 4.55. The van der Waals surface area contributed by atoms with Crippen molar-refractivity contribution < 1.29 is 61.1 Å². The highest BCUT2D eigenvalue weighted by atomic mass is 32.2. The quantitative estimate of drug-likeness (QED) is 0.0335. The van der Waals surface area contributed by atoms with Crippen molar-refractivity contribution in [1.29, 1.82) is 0 Å². The lowest BCUT2D eigenvalue weighted by atomic mass is 10.1. The molecule has 6 N–H and O–H groups in total. The van der Waals surface area contributed by atoms with E-state index in [0.717, 1.165) is 24.3 Å². The number of nitro groups is 3. The molecule has 0 saturated heterocycles. The topological polar surface area (TPSA) is 393 Å².